The van der Waals surface area contributed by atoms with Crippen LogP contribution in [0.1, 0.15) is 41.3 Å². The normalized spacial score (nSPS) is 17.3. The highest BCUT2D eigenvalue weighted by Crippen LogP contribution is 2.24. The van der Waals surface area contributed by atoms with Crippen molar-refractivity contribution < 1.29 is 4.79 Å². The van der Waals surface area contributed by atoms with E-state index in [1.54, 1.807) is 0 Å². The van der Waals surface area contributed by atoms with E-state index in [0.717, 1.165) is 25.3 Å². The van der Waals surface area contributed by atoms with Gasteiger partial charge in [-0.15, -0.1) is 0 Å². The Bertz CT molecular complexity index is 620. The minimum atomic E-state index is -0.0921. The van der Waals surface area contributed by atoms with Crippen molar-refractivity contribution in [2.45, 2.75) is 25.9 Å². The van der Waals surface area contributed by atoms with Crippen molar-refractivity contribution >= 4 is 5.91 Å². The smallest absolute Gasteiger partial charge is 0.271 e. The van der Waals surface area contributed by atoms with Gasteiger partial charge in [-0.1, -0.05) is 37.3 Å². The van der Waals surface area contributed by atoms with Crippen molar-refractivity contribution in [1.82, 2.24) is 20.2 Å². The molecule has 0 bridgehead atoms. The fourth-order valence-electron chi connectivity index (χ4n) is 2.61. The summed E-state index contributed by atoms with van der Waals surface area (Å²) in [5.41, 5.74) is 1.67. The molecule has 21 heavy (non-hydrogen) atoms. The first-order chi connectivity index (χ1) is 10.3. The van der Waals surface area contributed by atoms with Crippen LogP contribution in [0.2, 0.25) is 0 Å². The molecule has 2 aromatic rings. The summed E-state index contributed by atoms with van der Waals surface area (Å²) in [7, 11) is 0. The number of nitrogens with zero attached hydrogens (tertiary/aromatic N) is 2. The van der Waals surface area contributed by atoms with Crippen LogP contribution < -0.4 is 10.6 Å². The van der Waals surface area contributed by atoms with E-state index >= 15 is 0 Å². The van der Waals surface area contributed by atoms with Gasteiger partial charge in [0.1, 0.15) is 11.5 Å². The molecule has 5 nitrogen and oxygen atoms in total. The van der Waals surface area contributed by atoms with Crippen LogP contribution >= 0.6 is 0 Å². The number of amides is 1. The molecule has 3 rings (SSSR count). The van der Waals surface area contributed by atoms with Crippen molar-refractivity contribution in [3.63, 3.8) is 0 Å². The van der Waals surface area contributed by atoms with Gasteiger partial charge in [0, 0.05) is 25.8 Å². The van der Waals surface area contributed by atoms with Gasteiger partial charge in [-0.25, -0.2) is 4.98 Å². The van der Waals surface area contributed by atoms with Gasteiger partial charge in [0.25, 0.3) is 5.91 Å². The Kier molecular flexibility index (Phi) is 4.01. The highest BCUT2D eigenvalue weighted by molar-refractivity contribution is 5.92. The molecular weight excluding hydrogens is 264 g/mol. The van der Waals surface area contributed by atoms with Crippen molar-refractivity contribution in [2.24, 2.45) is 0 Å². The number of carbonyl (C=O) groups excluding carboxylic acids is 1. The molecule has 0 saturated carbocycles. The van der Waals surface area contributed by atoms with Gasteiger partial charge >= 0.3 is 0 Å². The third kappa shape index (κ3) is 2.83. The molecule has 1 unspecified atom stereocenters. The third-order valence-electron chi connectivity index (χ3n) is 3.67. The van der Waals surface area contributed by atoms with Gasteiger partial charge < -0.3 is 15.2 Å². The second-order valence-corrected chi connectivity index (χ2v) is 5.23. The Balaban J connectivity index is 1.88. The predicted octanol–water partition coefficient (Wildman–Crippen LogP) is 1.72. The first-order valence-corrected chi connectivity index (χ1v) is 7.43. The van der Waals surface area contributed by atoms with Crippen LogP contribution in [0.3, 0.4) is 0 Å². The highest BCUT2D eigenvalue weighted by Gasteiger charge is 2.25. The summed E-state index contributed by atoms with van der Waals surface area (Å²) in [5, 5.41) is 6.35. The number of carbonyl (C=O) groups is 1. The molecule has 1 amide bonds. The number of aromatic nitrogens is 2. The van der Waals surface area contributed by atoms with Crippen LogP contribution in [0.25, 0.3) is 0 Å². The Morgan fingerprint density at radius 3 is 3.00 bits per heavy atom. The van der Waals surface area contributed by atoms with E-state index in [1.165, 1.54) is 5.56 Å². The zero-order valence-electron chi connectivity index (χ0n) is 12.2. The zero-order chi connectivity index (χ0) is 14.7. The maximum atomic E-state index is 12.1. The molecule has 0 saturated heterocycles. The summed E-state index contributed by atoms with van der Waals surface area (Å²) in [5.74, 6) is 0.819. The molecule has 2 N–H and O–H groups in total. The number of rotatable bonds is 4. The van der Waals surface area contributed by atoms with E-state index in [0.29, 0.717) is 12.2 Å². The topological polar surface area (TPSA) is 59.0 Å². The van der Waals surface area contributed by atoms with Gasteiger partial charge in [-0.05, 0) is 12.0 Å². The van der Waals surface area contributed by atoms with Crippen LogP contribution in [-0.4, -0.2) is 28.5 Å². The van der Waals surface area contributed by atoms with E-state index in [9.17, 15) is 4.79 Å². The molecule has 0 fully saturated rings. The van der Waals surface area contributed by atoms with Crippen LogP contribution in [-0.2, 0) is 6.54 Å². The Morgan fingerprint density at radius 2 is 2.24 bits per heavy atom. The van der Waals surface area contributed by atoms with Crippen LogP contribution in [0.4, 0.5) is 0 Å². The molecular formula is C16H20N4O. The maximum Gasteiger partial charge on any atom is 0.271 e. The van der Waals surface area contributed by atoms with Crippen molar-refractivity contribution in [1.29, 1.82) is 0 Å². The Hall–Kier alpha value is -2.14. The van der Waals surface area contributed by atoms with Gasteiger partial charge in [-0.3, -0.25) is 4.79 Å². The molecule has 1 aliphatic heterocycles. The minimum Gasteiger partial charge on any atom is -0.351 e. The van der Waals surface area contributed by atoms with Gasteiger partial charge in [0.2, 0.25) is 0 Å². The lowest BCUT2D eigenvalue weighted by molar-refractivity contribution is 0.0949. The summed E-state index contributed by atoms with van der Waals surface area (Å²) >= 11 is 0. The first kappa shape index (κ1) is 13.8. The molecule has 1 aliphatic rings. The van der Waals surface area contributed by atoms with Gasteiger partial charge in [0.15, 0.2) is 0 Å². The number of fused-ring (bicyclic) bond motifs is 1. The molecule has 0 spiro atoms. The molecule has 0 radical (unpaired) electrons. The standard InChI is InChI=1S/C16H20N4O/c1-2-8-18-16(21)13-11-20-10-9-17-14(15(20)19-13)12-6-4-3-5-7-12/h3-7,11,14,17H,2,8-10H2,1H3,(H,18,21). The largest absolute Gasteiger partial charge is 0.351 e. The number of hydrogen-bond donors (Lipinski definition) is 2. The van der Waals surface area contributed by atoms with E-state index in [2.05, 4.69) is 32.3 Å². The minimum absolute atomic E-state index is 0.0488. The van der Waals surface area contributed by atoms with Crippen LogP contribution in [0.5, 0.6) is 0 Å². The summed E-state index contributed by atoms with van der Waals surface area (Å²) in [4.78, 5) is 16.6. The van der Waals surface area contributed by atoms with Crippen molar-refractivity contribution in [3.8, 4) is 0 Å². The van der Waals surface area contributed by atoms with Crippen molar-refractivity contribution in [3.05, 3.63) is 53.6 Å². The van der Waals surface area contributed by atoms with Crippen LogP contribution in [0.15, 0.2) is 36.5 Å². The number of imidazole rings is 1. The summed E-state index contributed by atoms with van der Waals surface area (Å²) in [6.45, 7) is 4.43. The summed E-state index contributed by atoms with van der Waals surface area (Å²) < 4.78 is 2.08. The lowest BCUT2D eigenvalue weighted by Gasteiger charge is -2.25. The van der Waals surface area contributed by atoms with Gasteiger partial charge in [-0.2, -0.15) is 0 Å². The fraction of sp³-hybridized carbons (Fsp3) is 0.375. The zero-order valence-corrected chi connectivity index (χ0v) is 12.2. The average molecular weight is 284 g/mol. The molecule has 5 heteroatoms. The molecule has 1 atom stereocenters. The van der Waals surface area contributed by atoms with E-state index in [-0.39, 0.29) is 11.9 Å². The van der Waals surface area contributed by atoms with E-state index < -0.39 is 0 Å². The lowest BCUT2D eigenvalue weighted by Crippen LogP contribution is -2.34. The predicted molar refractivity (Wildman–Crippen MR) is 81.1 cm³/mol. The second kappa shape index (κ2) is 6.10. The second-order valence-electron chi connectivity index (χ2n) is 5.23. The number of hydrogen-bond acceptors (Lipinski definition) is 3. The van der Waals surface area contributed by atoms with Crippen LogP contribution in [0, 0.1) is 0 Å². The first-order valence-electron chi connectivity index (χ1n) is 7.43. The molecule has 2 heterocycles. The third-order valence-corrected chi connectivity index (χ3v) is 3.67. The number of benzene rings is 1. The molecule has 1 aromatic heterocycles. The van der Waals surface area contributed by atoms with E-state index in [4.69, 9.17) is 0 Å². The Labute approximate surface area is 124 Å². The van der Waals surface area contributed by atoms with E-state index in [1.807, 2.05) is 31.3 Å². The molecule has 0 aliphatic carbocycles. The number of nitrogens with one attached hydrogen (secondary N) is 2. The molecule has 1 aromatic carbocycles. The quantitative estimate of drug-likeness (QED) is 0.898. The fourth-order valence-corrected chi connectivity index (χ4v) is 2.61. The van der Waals surface area contributed by atoms with Crippen molar-refractivity contribution in [2.75, 3.05) is 13.1 Å². The monoisotopic (exact) mass is 284 g/mol. The Morgan fingerprint density at radius 1 is 1.43 bits per heavy atom. The lowest BCUT2D eigenvalue weighted by atomic mass is 10.1. The molecule has 110 valence electrons. The maximum absolute atomic E-state index is 12.1. The average Bonchev–Trinajstić information content (AvgIpc) is 2.97. The summed E-state index contributed by atoms with van der Waals surface area (Å²) in [6.07, 6.45) is 2.78. The SMILES string of the molecule is CCCNC(=O)c1cn2c(n1)C(c1ccccc1)NCC2. The van der Waals surface area contributed by atoms with Gasteiger partial charge in [0.05, 0.1) is 6.04 Å². The summed E-state index contributed by atoms with van der Waals surface area (Å²) in [6, 6.07) is 10.3. The highest BCUT2D eigenvalue weighted by atomic mass is 16.1.